The molecule has 34 heavy (non-hydrogen) atoms. The van der Waals surface area contributed by atoms with Crippen molar-refractivity contribution in [2.24, 2.45) is 0 Å². The van der Waals surface area contributed by atoms with E-state index < -0.39 is 6.10 Å². The van der Waals surface area contributed by atoms with Gasteiger partial charge in [0.25, 0.3) is 11.8 Å². The Kier molecular flexibility index (Phi) is 5.95. The topological polar surface area (TPSA) is 95.1 Å². The van der Waals surface area contributed by atoms with E-state index in [2.05, 4.69) is 10.6 Å². The molecule has 2 heterocycles. The van der Waals surface area contributed by atoms with Gasteiger partial charge in [-0.2, -0.15) is 0 Å². The number of para-hydroxylation sites is 4. The maximum Gasteiger partial charge on any atom is 0.269 e. The zero-order chi connectivity index (χ0) is 23.5. The Balaban J connectivity index is 1.15. The Morgan fingerprint density at radius 1 is 0.794 bits per heavy atom. The lowest BCUT2D eigenvalue weighted by atomic mass is 10.1. The maximum atomic E-state index is 12.7. The fourth-order valence-electron chi connectivity index (χ4n) is 3.74. The van der Waals surface area contributed by atoms with E-state index in [4.69, 9.17) is 18.9 Å². The second-order valence-electron chi connectivity index (χ2n) is 8.11. The predicted molar refractivity (Wildman–Crippen MR) is 125 cm³/mol. The fraction of sp³-hybridized carbons (Fsp3) is 0.231. The SMILES string of the molecule is C[C@H](NC(=O)c1ccc(NC(=O)[C@H]2COc3ccccc3O2)cc1)[C@@H]1COc2ccccc2O1. The summed E-state index contributed by atoms with van der Waals surface area (Å²) in [6.45, 7) is 2.35. The highest BCUT2D eigenvalue weighted by molar-refractivity contribution is 5.97. The summed E-state index contributed by atoms with van der Waals surface area (Å²) in [7, 11) is 0. The van der Waals surface area contributed by atoms with E-state index in [1.165, 1.54) is 0 Å². The molecule has 2 amide bonds. The first-order valence-corrected chi connectivity index (χ1v) is 11.1. The van der Waals surface area contributed by atoms with Crippen LogP contribution in [0.3, 0.4) is 0 Å². The molecule has 0 bridgehead atoms. The summed E-state index contributed by atoms with van der Waals surface area (Å²) >= 11 is 0. The molecule has 3 aromatic carbocycles. The van der Waals surface area contributed by atoms with Gasteiger partial charge >= 0.3 is 0 Å². The zero-order valence-corrected chi connectivity index (χ0v) is 18.5. The average Bonchev–Trinajstić information content (AvgIpc) is 2.88. The molecular weight excluding hydrogens is 436 g/mol. The molecule has 0 spiro atoms. The predicted octanol–water partition coefficient (Wildman–Crippen LogP) is 3.42. The first-order chi connectivity index (χ1) is 16.6. The number of hydrogen-bond acceptors (Lipinski definition) is 6. The van der Waals surface area contributed by atoms with Gasteiger partial charge in [-0.05, 0) is 55.5 Å². The van der Waals surface area contributed by atoms with Gasteiger partial charge < -0.3 is 29.6 Å². The molecule has 5 rings (SSSR count). The smallest absolute Gasteiger partial charge is 0.269 e. The van der Waals surface area contributed by atoms with Gasteiger partial charge in [0.1, 0.15) is 13.2 Å². The quantitative estimate of drug-likeness (QED) is 0.606. The van der Waals surface area contributed by atoms with E-state index in [0.29, 0.717) is 40.9 Å². The van der Waals surface area contributed by atoms with Gasteiger partial charge in [0.05, 0.1) is 6.04 Å². The van der Waals surface area contributed by atoms with Gasteiger partial charge in [-0.3, -0.25) is 9.59 Å². The van der Waals surface area contributed by atoms with Crippen LogP contribution in [0, 0.1) is 0 Å². The highest BCUT2D eigenvalue weighted by Gasteiger charge is 2.28. The molecule has 2 N–H and O–H groups in total. The molecular formula is C26H24N2O6. The number of carbonyl (C=O) groups excluding carboxylic acids is 2. The number of amides is 2. The third kappa shape index (κ3) is 4.61. The first kappa shape index (κ1) is 21.6. The Morgan fingerprint density at radius 2 is 1.38 bits per heavy atom. The van der Waals surface area contributed by atoms with Crippen LogP contribution in [-0.4, -0.2) is 43.3 Å². The molecule has 8 heteroatoms. The van der Waals surface area contributed by atoms with Gasteiger partial charge in [0, 0.05) is 11.3 Å². The van der Waals surface area contributed by atoms with Crippen LogP contribution < -0.4 is 29.6 Å². The van der Waals surface area contributed by atoms with E-state index in [0.717, 1.165) is 0 Å². The van der Waals surface area contributed by atoms with Crippen LogP contribution in [0.5, 0.6) is 23.0 Å². The molecule has 0 unspecified atom stereocenters. The van der Waals surface area contributed by atoms with E-state index in [-0.39, 0.29) is 30.6 Å². The van der Waals surface area contributed by atoms with Gasteiger partial charge in [-0.1, -0.05) is 24.3 Å². The van der Waals surface area contributed by atoms with Gasteiger partial charge in [0.15, 0.2) is 29.1 Å². The van der Waals surface area contributed by atoms with Crippen molar-refractivity contribution in [3.8, 4) is 23.0 Å². The molecule has 3 aromatic rings. The van der Waals surface area contributed by atoms with Crippen LogP contribution in [0.4, 0.5) is 5.69 Å². The van der Waals surface area contributed by atoms with Crippen LogP contribution in [0.2, 0.25) is 0 Å². The Morgan fingerprint density at radius 3 is 2.06 bits per heavy atom. The normalized spacial score (nSPS) is 19.0. The van der Waals surface area contributed by atoms with Crippen molar-refractivity contribution in [3.05, 3.63) is 78.4 Å². The van der Waals surface area contributed by atoms with Crippen LogP contribution in [0.1, 0.15) is 17.3 Å². The van der Waals surface area contributed by atoms with E-state index in [1.54, 1.807) is 36.4 Å². The minimum absolute atomic E-state index is 0.124. The summed E-state index contributed by atoms with van der Waals surface area (Å²) in [5, 5.41) is 5.75. The minimum atomic E-state index is -0.762. The average molecular weight is 460 g/mol. The van der Waals surface area contributed by atoms with Crippen molar-refractivity contribution in [2.75, 3.05) is 18.5 Å². The second-order valence-corrected chi connectivity index (χ2v) is 8.11. The molecule has 0 aliphatic carbocycles. The summed E-state index contributed by atoms with van der Waals surface area (Å²) in [4.78, 5) is 25.3. The molecule has 3 atom stereocenters. The molecule has 0 saturated heterocycles. The summed E-state index contributed by atoms with van der Waals surface area (Å²) in [5.74, 6) is 1.94. The molecule has 0 fully saturated rings. The van der Waals surface area contributed by atoms with Crippen LogP contribution in [-0.2, 0) is 4.79 Å². The molecule has 8 nitrogen and oxygen atoms in total. The summed E-state index contributed by atoms with van der Waals surface area (Å²) < 4.78 is 23.0. The molecule has 174 valence electrons. The summed E-state index contributed by atoms with van der Waals surface area (Å²) in [6, 6.07) is 21.0. The number of nitrogens with one attached hydrogen (secondary N) is 2. The van der Waals surface area contributed by atoms with Gasteiger partial charge in [-0.15, -0.1) is 0 Å². The largest absolute Gasteiger partial charge is 0.486 e. The van der Waals surface area contributed by atoms with Gasteiger partial charge in [-0.25, -0.2) is 0 Å². The Bertz CT molecular complexity index is 1200. The second kappa shape index (κ2) is 9.35. The van der Waals surface area contributed by atoms with Crippen LogP contribution in [0.15, 0.2) is 72.8 Å². The lowest BCUT2D eigenvalue weighted by Crippen LogP contribution is -2.48. The summed E-state index contributed by atoms with van der Waals surface area (Å²) in [6.07, 6.45) is -1.07. The number of fused-ring (bicyclic) bond motifs is 2. The number of carbonyl (C=O) groups is 2. The van der Waals surface area contributed by atoms with E-state index >= 15 is 0 Å². The highest BCUT2D eigenvalue weighted by atomic mass is 16.6. The summed E-state index contributed by atoms with van der Waals surface area (Å²) in [5.41, 5.74) is 1.02. The maximum absolute atomic E-state index is 12.7. The van der Waals surface area contributed by atoms with Crippen molar-refractivity contribution in [3.63, 3.8) is 0 Å². The monoisotopic (exact) mass is 460 g/mol. The molecule has 2 aliphatic rings. The van der Waals surface area contributed by atoms with Crippen LogP contribution >= 0.6 is 0 Å². The third-order valence-electron chi connectivity index (χ3n) is 5.66. The number of ether oxygens (including phenoxy) is 4. The number of benzene rings is 3. The van der Waals surface area contributed by atoms with Crippen molar-refractivity contribution >= 4 is 17.5 Å². The Labute approximate surface area is 196 Å². The fourth-order valence-corrected chi connectivity index (χ4v) is 3.74. The molecule has 2 aliphatic heterocycles. The number of hydrogen-bond donors (Lipinski definition) is 2. The molecule has 0 saturated carbocycles. The third-order valence-corrected chi connectivity index (χ3v) is 5.66. The molecule has 0 aromatic heterocycles. The highest BCUT2D eigenvalue weighted by Crippen LogP contribution is 2.32. The zero-order valence-electron chi connectivity index (χ0n) is 18.5. The van der Waals surface area contributed by atoms with Crippen molar-refractivity contribution in [1.82, 2.24) is 5.32 Å². The van der Waals surface area contributed by atoms with E-state index in [9.17, 15) is 9.59 Å². The number of rotatable bonds is 5. The van der Waals surface area contributed by atoms with Crippen molar-refractivity contribution < 1.29 is 28.5 Å². The first-order valence-electron chi connectivity index (χ1n) is 11.1. The number of anilines is 1. The van der Waals surface area contributed by atoms with E-state index in [1.807, 2.05) is 43.3 Å². The van der Waals surface area contributed by atoms with Crippen molar-refractivity contribution in [1.29, 1.82) is 0 Å². The van der Waals surface area contributed by atoms with Gasteiger partial charge in [0.2, 0.25) is 6.10 Å². The lowest BCUT2D eigenvalue weighted by Gasteiger charge is -2.30. The Hall–Kier alpha value is -4.20. The minimum Gasteiger partial charge on any atom is -0.486 e. The lowest BCUT2D eigenvalue weighted by molar-refractivity contribution is -0.125. The molecule has 0 radical (unpaired) electrons. The standard InChI is InChI=1S/C26H24N2O6/c1-16(23-14-31-19-6-2-4-8-21(19)33-23)27-25(29)17-10-12-18(13-11-17)28-26(30)24-15-32-20-7-3-5-9-22(20)34-24/h2-13,16,23-24H,14-15H2,1H3,(H,27,29)(H,28,30)/t16-,23-,24+/m0/s1. The van der Waals surface area contributed by atoms with Crippen LogP contribution in [0.25, 0.3) is 0 Å². The van der Waals surface area contributed by atoms with Crippen molar-refractivity contribution in [2.45, 2.75) is 25.2 Å².